The van der Waals surface area contributed by atoms with E-state index in [0.717, 1.165) is 12.8 Å². The molecule has 0 atom stereocenters. The average Bonchev–Trinajstić information content (AvgIpc) is 2.51. The number of halogens is 1. The highest BCUT2D eigenvalue weighted by atomic mass is 127. The van der Waals surface area contributed by atoms with Gasteiger partial charge in [0.05, 0.1) is 0 Å². The molecule has 0 aliphatic heterocycles. The molecule has 3 rings (SSSR count). The van der Waals surface area contributed by atoms with Crippen molar-refractivity contribution in [2.24, 2.45) is 0 Å². The Kier molecular flexibility index (Phi) is 4.48. The van der Waals surface area contributed by atoms with E-state index in [0.29, 0.717) is 0 Å². The van der Waals surface area contributed by atoms with Crippen molar-refractivity contribution in [1.29, 1.82) is 0 Å². The topological polar surface area (TPSA) is 0 Å². The number of fused-ring (bicyclic) bond motifs is 2. The molecular formula is C20H21I. The Hall–Kier alpha value is -1.09. The summed E-state index contributed by atoms with van der Waals surface area (Å²) in [5.74, 6) is 0. The molecule has 0 aromatic heterocycles. The van der Waals surface area contributed by atoms with E-state index < -0.39 is 0 Å². The maximum atomic E-state index is 2.50. The summed E-state index contributed by atoms with van der Waals surface area (Å²) >= 11 is 2.50. The van der Waals surface area contributed by atoms with E-state index in [2.05, 4.69) is 78.9 Å². The summed E-state index contributed by atoms with van der Waals surface area (Å²) in [6, 6.07) is 15.7. The van der Waals surface area contributed by atoms with E-state index in [1.54, 1.807) is 0 Å². The third-order valence-corrected chi connectivity index (χ3v) is 5.12. The molecule has 0 aliphatic carbocycles. The summed E-state index contributed by atoms with van der Waals surface area (Å²) in [7, 11) is 0. The molecule has 3 aromatic carbocycles. The van der Waals surface area contributed by atoms with Gasteiger partial charge in [-0.2, -0.15) is 0 Å². The molecule has 0 bridgehead atoms. The van der Waals surface area contributed by atoms with E-state index in [9.17, 15) is 0 Å². The molecule has 0 fully saturated rings. The van der Waals surface area contributed by atoms with Gasteiger partial charge in [-0.1, -0.05) is 63.1 Å². The van der Waals surface area contributed by atoms with E-state index in [1.165, 1.54) is 49.1 Å². The fourth-order valence-corrected chi connectivity index (χ4v) is 4.22. The Morgan fingerprint density at radius 2 is 1.29 bits per heavy atom. The van der Waals surface area contributed by atoms with E-state index in [1.807, 2.05) is 0 Å². The first-order valence-electron chi connectivity index (χ1n) is 7.88. The van der Waals surface area contributed by atoms with Gasteiger partial charge in [-0.3, -0.25) is 0 Å². The number of hydrogen-bond acceptors (Lipinski definition) is 0. The number of rotatable bonds is 4. The SMILES string of the molecule is CCCc1c2ccccc2c(CCC)c2c(I)cccc12. The van der Waals surface area contributed by atoms with Crippen LogP contribution >= 0.6 is 22.6 Å². The van der Waals surface area contributed by atoms with E-state index >= 15 is 0 Å². The number of aryl methyl sites for hydroxylation is 2. The van der Waals surface area contributed by atoms with Gasteiger partial charge in [-0.25, -0.2) is 0 Å². The molecule has 3 aromatic rings. The minimum Gasteiger partial charge on any atom is -0.0651 e. The summed E-state index contributed by atoms with van der Waals surface area (Å²) in [6.45, 7) is 4.55. The van der Waals surface area contributed by atoms with Crippen molar-refractivity contribution in [3.8, 4) is 0 Å². The van der Waals surface area contributed by atoms with Crippen LogP contribution in [0, 0.1) is 3.57 Å². The lowest BCUT2D eigenvalue weighted by molar-refractivity contribution is 0.927. The average molecular weight is 388 g/mol. The molecule has 1 heteroatoms. The van der Waals surface area contributed by atoms with Gasteiger partial charge in [0, 0.05) is 3.57 Å². The molecular weight excluding hydrogens is 367 g/mol. The van der Waals surface area contributed by atoms with Gasteiger partial charge in [-0.05, 0) is 74.2 Å². The first-order chi connectivity index (χ1) is 10.3. The zero-order valence-electron chi connectivity index (χ0n) is 12.7. The molecule has 0 N–H and O–H groups in total. The lowest BCUT2D eigenvalue weighted by atomic mass is 9.88. The predicted molar refractivity (Wildman–Crippen MR) is 102 cm³/mol. The van der Waals surface area contributed by atoms with Crippen LogP contribution in [0.5, 0.6) is 0 Å². The van der Waals surface area contributed by atoms with Crippen LogP contribution in [-0.2, 0) is 12.8 Å². The summed E-state index contributed by atoms with van der Waals surface area (Å²) in [5, 5.41) is 5.87. The van der Waals surface area contributed by atoms with Gasteiger partial charge in [-0.15, -0.1) is 0 Å². The fourth-order valence-electron chi connectivity index (χ4n) is 3.40. The van der Waals surface area contributed by atoms with Crippen molar-refractivity contribution in [2.45, 2.75) is 39.5 Å². The van der Waals surface area contributed by atoms with Gasteiger partial charge in [0.15, 0.2) is 0 Å². The van der Waals surface area contributed by atoms with Crippen molar-refractivity contribution in [2.75, 3.05) is 0 Å². The first-order valence-corrected chi connectivity index (χ1v) is 8.96. The van der Waals surface area contributed by atoms with Crippen LogP contribution in [0.3, 0.4) is 0 Å². The van der Waals surface area contributed by atoms with E-state index in [-0.39, 0.29) is 0 Å². The van der Waals surface area contributed by atoms with Crippen LogP contribution in [0.25, 0.3) is 21.5 Å². The highest BCUT2D eigenvalue weighted by Gasteiger charge is 2.14. The van der Waals surface area contributed by atoms with Crippen LogP contribution < -0.4 is 0 Å². The van der Waals surface area contributed by atoms with Gasteiger partial charge in [0.25, 0.3) is 0 Å². The fraction of sp³-hybridized carbons (Fsp3) is 0.300. The zero-order valence-corrected chi connectivity index (χ0v) is 14.9. The monoisotopic (exact) mass is 388 g/mol. The summed E-state index contributed by atoms with van der Waals surface area (Å²) in [4.78, 5) is 0. The molecule has 21 heavy (non-hydrogen) atoms. The van der Waals surface area contributed by atoms with Crippen LogP contribution in [0.4, 0.5) is 0 Å². The molecule has 0 radical (unpaired) electrons. The lowest BCUT2D eigenvalue weighted by Gasteiger charge is -2.17. The van der Waals surface area contributed by atoms with Gasteiger partial charge in [0.1, 0.15) is 0 Å². The second kappa shape index (κ2) is 6.35. The van der Waals surface area contributed by atoms with Crippen LogP contribution in [0.2, 0.25) is 0 Å². The molecule has 108 valence electrons. The molecule has 0 unspecified atom stereocenters. The smallest absolute Gasteiger partial charge is 0.0211 e. The Labute approximate surface area is 140 Å². The molecule has 0 heterocycles. The predicted octanol–water partition coefficient (Wildman–Crippen LogP) is 6.50. The quantitative estimate of drug-likeness (QED) is 0.353. The molecule has 0 aliphatic rings. The standard InChI is InChI=1S/C20H21I/c1-3-8-14-15-10-5-6-11-16(15)17(9-4-2)20-18(14)12-7-13-19(20)21/h5-7,10-13H,3-4,8-9H2,1-2H3. The third-order valence-electron chi connectivity index (χ3n) is 4.22. The molecule has 0 amide bonds. The maximum absolute atomic E-state index is 2.50. The normalized spacial score (nSPS) is 11.4. The Bertz CT molecular complexity index is 787. The Balaban J connectivity index is 2.53. The Morgan fingerprint density at radius 3 is 1.95 bits per heavy atom. The molecule has 0 nitrogen and oxygen atoms in total. The van der Waals surface area contributed by atoms with Crippen molar-refractivity contribution in [3.63, 3.8) is 0 Å². The minimum absolute atomic E-state index is 1.16. The third kappa shape index (κ3) is 2.57. The van der Waals surface area contributed by atoms with Crippen LogP contribution in [-0.4, -0.2) is 0 Å². The molecule has 0 saturated carbocycles. The van der Waals surface area contributed by atoms with Crippen LogP contribution in [0.15, 0.2) is 42.5 Å². The highest BCUT2D eigenvalue weighted by Crippen LogP contribution is 2.36. The van der Waals surface area contributed by atoms with Crippen molar-refractivity contribution < 1.29 is 0 Å². The maximum Gasteiger partial charge on any atom is 0.0211 e. The first kappa shape index (κ1) is 14.8. The number of benzene rings is 3. The van der Waals surface area contributed by atoms with E-state index in [4.69, 9.17) is 0 Å². The second-order valence-electron chi connectivity index (χ2n) is 5.67. The number of hydrogen-bond donors (Lipinski definition) is 0. The van der Waals surface area contributed by atoms with Gasteiger partial charge in [0.2, 0.25) is 0 Å². The van der Waals surface area contributed by atoms with Crippen molar-refractivity contribution in [3.05, 3.63) is 57.2 Å². The molecule has 0 spiro atoms. The Morgan fingerprint density at radius 1 is 0.714 bits per heavy atom. The van der Waals surface area contributed by atoms with Gasteiger partial charge >= 0.3 is 0 Å². The highest BCUT2D eigenvalue weighted by molar-refractivity contribution is 14.1. The minimum atomic E-state index is 1.16. The zero-order chi connectivity index (χ0) is 14.8. The molecule has 0 saturated heterocycles. The lowest BCUT2D eigenvalue weighted by Crippen LogP contribution is -1.97. The summed E-state index contributed by atoms with van der Waals surface area (Å²) < 4.78 is 1.39. The second-order valence-corrected chi connectivity index (χ2v) is 6.83. The van der Waals surface area contributed by atoms with Crippen molar-refractivity contribution in [1.82, 2.24) is 0 Å². The largest absolute Gasteiger partial charge is 0.0651 e. The van der Waals surface area contributed by atoms with Crippen LogP contribution in [0.1, 0.15) is 37.8 Å². The summed E-state index contributed by atoms with van der Waals surface area (Å²) in [5.41, 5.74) is 3.06. The summed E-state index contributed by atoms with van der Waals surface area (Å²) in [6.07, 6.45) is 4.70. The van der Waals surface area contributed by atoms with Gasteiger partial charge < -0.3 is 0 Å². The van der Waals surface area contributed by atoms with Crippen molar-refractivity contribution >= 4 is 44.1 Å².